The van der Waals surface area contributed by atoms with Gasteiger partial charge in [0.15, 0.2) is 0 Å². The molecular formula is C20H22FeO6-6. The summed E-state index contributed by atoms with van der Waals surface area (Å²) in [5.74, 6) is -1.66. The fourth-order valence-corrected chi connectivity index (χ4v) is 2.21. The molecule has 0 fully saturated rings. The second-order valence-corrected chi connectivity index (χ2v) is 5.69. The number of carboxylic acids is 2. The van der Waals surface area contributed by atoms with Crippen LogP contribution in [0.15, 0.2) is 48.5 Å². The SMILES string of the molecule is O=C(O)CCCC(=O)[c-]1[cH-][cH-][cH-][cH-]1.O=C(O)CCCC(=O)[c-]1cccc1.[Fe]. The minimum absolute atomic E-state index is 0. The van der Waals surface area contributed by atoms with E-state index in [0.717, 1.165) is 0 Å². The summed E-state index contributed by atoms with van der Waals surface area (Å²) in [6, 6.07) is 14.1. The summed E-state index contributed by atoms with van der Waals surface area (Å²) >= 11 is 0. The summed E-state index contributed by atoms with van der Waals surface area (Å²) in [6.45, 7) is 0. The van der Waals surface area contributed by atoms with Crippen LogP contribution in [-0.4, -0.2) is 33.7 Å². The number of ketones is 2. The van der Waals surface area contributed by atoms with Crippen molar-refractivity contribution >= 4 is 23.5 Å². The molecule has 0 aliphatic rings. The number of hydrogen-bond donors (Lipinski definition) is 2. The Morgan fingerprint density at radius 1 is 0.741 bits per heavy atom. The maximum atomic E-state index is 11.3. The van der Waals surface area contributed by atoms with Gasteiger partial charge in [-0.1, -0.05) is 12.0 Å². The summed E-state index contributed by atoms with van der Waals surface area (Å²) < 4.78 is 0. The molecular weight excluding hydrogens is 392 g/mol. The molecule has 0 unspecified atom stereocenters. The van der Waals surface area contributed by atoms with Gasteiger partial charge in [0, 0.05) is 29.9 Å². The first kappa shape index (κ1) is 24.5. The molecule has 152 valence electrons. The average Bonchev–Trinajstić information content (AvgIpc) is 3.28. The quantitative estimate of drug-likeness (QED) is 0.349. The van der Waals surface area contributed by atoms with E-state index in [0.29, 0.717) is 36.8 Å². The van der Waals surface area contributed by atoms with E-state index in [9.17, 15) is 19.2 Å². The largest absolute Gasteiger partial charge is 0.718 e. The molecule has 2 aromatic rings. The number of hydrogen-bond acceptors (Lipinski definition) is 4. The maximum absolute atomic E-state index is 11.3. The zero-order valence-corrected chi connectivity index (χ0v) is 15.8. The third-order valence-corrected chi connectivity index (χ3v) is 3.56. The smallest absolute Gasteiger partial charge is 0.303 e. The molecule has 0 heterocycles. The van der Waals surface area contributed by atoms with Crippen LogP contribution in [0.1, 0.15) is 59.2 Å². The van der Waals surface area contributed by atoms with Gasteiger partial charge in [0.2, 0.25) is 0 Å². The van der Waals surface area contributed by atoms with Crippen molar-refractivity contribution in [2.24, 2.45) is 0 Å². The van der Waals surface area contributed by atoms with E-state index in [-0.39, 0.29) is 41.5 Å². The van der Waals surface area contributed by atoms with Gasteiger partial charge in [0.05, 0.1) is 0 Å². The molecule has 0 saturated carbocycles. The molecule has 0 aromatic heterocycles. The number of carboxylic acid groups (broad SMARTS) is 2. The molecule has 27 heavy (non-hydrogen) atoms. The molecule has 2 rings (SSSR count). The van der Waals surface area contributed by atoms with Gasteiger partial charge < -0.3 is 49.6 Å². The van der Waals surface area contributed by atoms with Crippen molar-refractivity contribution < 1.29 is 46.5 Å². The monoisotopic (exact) mass is 414 g/mol. The van der Waals surface area contributed by atoms with E-state index < -0.39 is 11.9 Å². The molecule has 0 spiro atoms. The Bertz CT molecular complexity index is 639. The predicted molar refractivity (Wildman–Crippen MR) is 95.7 cm³/mol. The summed E-state index contributed by atoms with van der Waals surface area (Å²) in [6.07, 6.45) is 1.59. The minimum atomic E-state index is -0.852. The van der Waals surface area contributed by atoms with Crippen LogP contribution in [0, 0.1) is 0 Å². The van der Waals surface area contributed by atoms with Crippen LogP contribution >= 0.6 is 0 Å². The second-order valence-electron chi connectivity index (χ2n) is 5.69. The van der Waals surface area contributed by atoms with Crippen LogP contribution in [0.25, 0.3) is 0 Å². The van der Waals surface area contributed by atoms with E-state index >= 15 is 0 Å². The summed E-state index contributed by atoms with van der Waals surface area (Å²) in [4.78, 5) is 42.9. The van der Waals surface area contributed by atoms with E-state index in [2.05, 4.69) is 0 Å². The molecule has 6 nitrogen and oxygen atoms in total. The van der Waals surface area contributed by atoms with Crippen molar-refractivity contribution in [2.45, 2.75) is 38.5 Å². The molecule has 0 bridgehead atoms. The zero-order valence-electron chi connectivity index (χ0n) is 14.7. The van der Waals surface area contributed by atoms with E-state index in [1.54, 1.807) is 48.5 Å². The molecule has 0 radical (unpaired) electrons. The van der Waals surface area contributed by atoms with Crippen LogP contribution in [-0.2, 0) is 26.7 Å². The third kappa shape index (κ3) is 10.9. The first-order valence-corrected chi connectivity index (χ1v) is 8.33. The number of aliphatic carboxylic acids is 2. The molecule has 0 amide bonds. The van der Waals surface area contributed by atoms with Crippen molar-refractivity contribution in [1.82, 2.24) is 0 Å². The fourth-order valence-electron chi connectivity index (χ4n) is 2.21. The normalized spacial score (nSPS) is 9.48. The third-order valence-electron chi connectivity index (χ3n) is 3.56. The second kappa shape index (κ2) is 13.7. The molecule has 0 saturated heterocycles. The van der Waals surface area contributed by atoms with E-state index in [4.69, 9.17) is 10.2 Å². The molecule has 2 aromatic carbocycles. The number of carbonyl (C=O) groups is 4. The summed E-state index contributed by atoms with van der Waals surface area (Å²) in [5, 5.41) is 16.7. The number of carbonyl (C=O) groups excluding carboxylic acids is 2. The van der Waals surface area contributed by atoms with Gasteiger partial charge in [-0.2, -0.15) is 12.1 Å². The van der Waals surface area contributed by atoms with Crippen molar-refractivity contribution in [2.75, 3.05) is 0 Å². The Hall–Kier alpha value is -2.50. The molecule has 0 aliphatic heterocycles. The van der Waals surface area contributed by atoms with Crippen molar-refractivity contribution in [3.8, 4) is 0 Å². The zero-order chi connectivity index (χ0) is 19.4. The number of Topliss-reactive ketones (excluding diaryl/α,β-unsaturated/α-hetero) is 2. The van der Waals surface area contributed by atoms with Crippen LogP contribution in [0.2, 0.25) is 0 Å². The van der Waals surface area contributed by atoms with Gasteiger partial charge in [-0.15, -0.1) is 6.42 Å². The van der Waals surface area contributed by atoms with Crippen molar-refractivity contribution in [3.05, 3.63) is 59.7 Å². The summed E-state index contributed by atoms with van der Waals surface area (Å²) in [5.41, 5.74) is 1.34. The first-order chi connectivity index (χ1) is 12.4. The van der Waals surface area contributed by atoms with E-state index in [1.807, 2.05) is 0 Å². The molecule has 0 atom stereocenters. The standard InChI is InChI=1S/2C10H11O3.Fe/c2*11-9(6-3-7-10(12)13)8-4-1-2-5-8;/h2*1-2,4-5H,3,6-7H2,(H,12,13);/q-5;-1;. The molecule has 0 aliphatic carbocycles. The molecule has 7 heteroatoms. The average molecular weight is 414 g/mol. The van der Waals surface area contributed by atoms with Gasteiger partial charge in [0.25, 0.3) is 0 Å². The molecule has 2 N–H and O–H groups in total. The van der Waals surface area contributed by atoms with Gasteiger partial charge >= 0.3 is 11.9 Å². The Labute approximate surface area is 168 Å². The van der Waals surface area contributed by atoms with E-state index in [1.165, 1.54) is 0 Å². The fraction of sp³-hybridized carbons (Fsp3) is 0.300. The van der Waals surface area contributed by atoms with Gasteiger partial charge in [-0.25, -0.2) is 12.1 Å². The van der Waals surface area contributed by atoms with Crippen LogP contribution in [0.4, 0.5) is 0 Å². The Morgan fingerprint density at radius 3 is 1.63 bits per heavy atom. The van der Waals surface area contributed by atoms with Crippen LogP contribution < -0.4 is 0 Å². The Morgan fingerprint density at radius 2 is 1.19 bits per heavy atom. The van der Waals surface area contributed by atoms with Gasteiger partial charge in [0.1, 0.15) is 5.78 Å². The van der Waals surface area contributed by atoms with Crippen molar-refractivity contribution in [1.29, 1.82) is 0 Å². The van der Waals surface area contributed by atoms with Crippen LogP contribution in [0.5, 0.6) is 0 Å². The predicted octanol–water partition coefficient (Wildman–Crippen LogP) is 3.68. The maximum Gasteiger partial charge on any atom is 0.303 e. The Balaban J connectivity index is 0.000000483. The minimum Gasteiger partial charge on any atom is -0.718 e. The summed E-state index contributed by atoms with van der Waals surface area (Å²) in [7, 11) is 0. The van der Waals surface area contributed by atoms with Crippen LogP contribution in [0.3, 0.4) is 0 Å². The van der Waals surface area contributed by atoms with Crippen molar-refractivity contribution in [3.63, 3.8) is 0 Å². The Kier molecular flexibility index (Phi) is 12.4. The first-order valence-electron chi connectivity index (χ1n) is 8.33. The van der Waals surface area contributed by atoms with Gasteiger partial charge in [-0.05, 0) is 12.8 Å². The number of rotatable bonds is 10. The topological polar surface area (TPSA) is 109 Å². The van der Waals surface area contributed by atoms with Gasteiger partial charge in [-0.3, -0.25) is 15.4 Å².